The number of rotatable bonds is 3. The fourth-order valence-corrected chi connectivity index (χ4v) is 2.50. The van der Waals surface area contributed by atoms with Crippen LogP contribution < -0.4 is 16.4 Å². The molecule has 0 bridgehead atoms. The minimum atomic E-state index is 0.413. The van der Waals surface area contributed by atoms with E-state index in [2.05, 4.69) is 22.2 Å². The Labute approximate surface area is 120 Å². The molecule has 4 N–H and O–H groups in total. The quantitative estimate of drug-likeness (QED) is 0.542. The number of nitrogens with zero attached hydrogens (tertiary/aromatic N) is 2. The number of hydrogen-bond acceptors (Lipinski definition) is 2. The first-order valence-electron chi connectivity index (χ1n) is 7.12. The van der Waals surface area contributed by atoms with Crippen LogP contribution in [0.15, 0.2) is 46.2 Å². The van der Waals surface area contributed by atoms with Crippen LogP contribution in [0.3, 0.4) is 0 Å². The molecule has 0 aromatic rings. The first kappa shape index (κ1) is 14.4. The van der Waals surface area contributed by atoms with Crippen LogP contribution in [0.2, 0.25) is 0 Å². The smallest absolute Gasteiger partial charge is 0.200 e. The fourth-order valence-electron chi connectivity index (χ4n) is 2.50. The Morgan fingerprint density at radius 3 is 2.80 bits per heavy atom. The molecule has 5 nitrogen and oxygen atoms in total. The largest absolute Gasteiger partial charge is 0.383 e. The lowest BCUT2D eigenvalue weighted by atomic mass is 9.96. The molecule has 0 aromatic heterocycles. The van der Waals surface area contributed by atoms with Gasteiger partial charge in [0.25, 0.3) is 0 Å². The predicted octanol–water partition coefficient (Wildman–Crippen LogP) is 1.81. The van der Waals surface area contributed by atoms with Gasteiger partial charge in [0.2, 0.25) is 0 Å². The van der Waals surface area contributed by atoms with Crippen LogP contribution in [-0.4, -0.2) is 24.9 Å². The minimum absolute atomic E-state index is 0.413. The Morgan fingerprint density at radius 1 is 1.40 bits per heavy atom. The van der Waals surface area contributed by atoms with Crippen molar-refractivity contribution in [1.82, 2.24) is 10.6 Å². The molecule has 1 aliphatic heterocycles. The minimum Gasteiger partial charge on any atom is -0.383 e. The third-order valence-electron chi connectivity index (χ3n) is 3.62. The molecule has 0 unspecified atom stereocenters. The van der Waals surface area contributed by atoms with Crippen molar-refractivity contribution in [2.75, 3.05) is 7.05 Å². The highest BCUT2D eigenvalue weighted by molar-refractivity contribution is 6.01. The Bertz CT molecular complexity index is 478. The molecule has 1 heterocycles. The monoisotopic (exact) mass is 273 g/mol. The van der Waals surface area contributed by atoms with E-state index >= 15 is 0 Å². The van der Waals surface area contributed by atoms with E-state index in [1.54, 1.807) is 13.1 Å². The lowest BCUT2D eigenvalue weighted by Crippen LogP contribution is -2.39. The lowest BCUT2D eigenvalue weighted by molar-refractivity contribution is 0.442. The molecule has 0 spiro atoms. The summed E-state index contributed by atoms with van der Waals surface area (Å²) in [5, 5.41) is 6.41. The summed E-state index contributed by atoms with van der Waals surface area (Å²) in [7, 11) is 1.67. The van der Waals surface area contributed by atoms with Crippen molar-refractivity contribution in [2.45, 2.75) is 38.1 Å². The standard InChI is InChI=1S/C15H23N5/c1-3-12(14(16)17-2)13-9-10-18-15(20-13)19-11-7-5-4-6-8-11/h3,9-11H,1,4-8H2,2H3,(H2,16,17)(H2,18,19,20). The van der Waals surface area contributed by atoms with Gasteiger partial charge in [-0.2, -0.15) is 0 Å². The lowest BCUT2D eigenvalue weighted by Gasteiger charge is -2.22. The number of aliphatic imine (C=N–C) groups is 2. The summed E-state index contributed by atoms with van der Waals surface area (Å²) in [6.07, 6.45) is 11.7. The molecule has 2 aliphatic rings. The van der Waals surface area contributed by atoms with Crippen molar-refractivity contribution in [3.05, 3.63) is 36.2 Å². The van der Waals surface area contributed by atoms with Gasteiger partial charge in [0.1, 0.15) is 5.84 Å². The molecule has 0 aromatic carbocycles. The van der Waals surface area contributed by atoms with Crippen molar-refractivity contribution < 1.29 is 0 Å². The summed E-state index contributed by atoms with van der Waals surface area (Å²) in [5.74, 6) is 1.24. The highest BCUT2D eigenvalue weighted by Crippen LogP contribution is 2.20. The SMILES string of the molecule is C=CC(C(N)=NC)=C1C=CNC(=NC2CCCCC2)N1. The van der Waals surface area contributed by atoms with Crippen molar-refractivity contribution >= 4 is 11.8 Å². The first-order valence-corrected chi connectivity index (χ1v) is 7.12. The van der Waals surface area contributed by atoms with E-state index in [1.165, 1.54) is 32.1 Å². The van der Waals surface area contributed by atoms with Crippen LogP contribution in [0.1, 0.15) is 32.1 Å². The number of nitrogens with two attached hydrogens (primary N) is 1. The van der Waals surface area contributed by atoms with Gasteiger partial charge in [0.05, 0.1) is 11.7 Å². The van der Waals surface area contributed by atoms with Crippen LogP contribution in [0.25, 0.3) is 0 Å². The first-order chi connectivity index (χ1) is 9.74. The number of nitrogens with one attached hydrogen (secondary N) is 2. The van der Waals surface area contributed by atoms with E-state index in [0.29, 0.717) is 11.9 Å². The predicted molar refractivity (Wildman–Crippen MR) is 84.5 cm³/mol. The summed E-state index contributed by atoms with van der Waals surface area (Å²) in [4.78, 5) is 8.75. The summed E-state index contributed by atoms with van der Waals surface area (Å²) in [6, 6.07) is 0.413. The van der Waals surface area contributed by atoms with Crippen LogP contribution in [0.5, 0.6) is 0 Å². The molecule has 20 heavy (non-hydrogen) atoms. The second-order valence-electron chi connectivity index (χ2n) is 5.01. The van der Waals surface area contributed by atoms with E-state index < -0.39 is 0 Å². The van der Waals surface area contributed by atoms with E-state index in [4.69, 9.17) is 10.7 Å². The molecule has 5 heteroatoms. The molecule has 108 valence electrons. The van der Waals surface area contributed by atoms with Gasteiger partial charge in [0.15, 0.2) is 5.96 Å². The Hall–Kier alpha value is -2.04. The van der Waals surface area contributed by atoms with Gasteiger partial charge in [-0.1, -0.05) is 31.9 Å². The van der Waals surface area contributed by atoms with Crippen LogP contribution in [-0.2, 0) is 0 Å². The zero-order valence-corrected chi connectivity index (χ0v) is 12.0. The van der Waals surface area contributed by atoms with Gasteiger partial charge in [-0.25, -0.2) is 4.99 Å². The van der Waals surface area contributed by atoms with Crippen molar-refractivity contribution in [3.63, 3.8) is 0 Å². The van der Waals surface area contributed by atoms with Gasteiger partial charge >= 0.3 is 0 Å². The third kappa shape index (κ3) is 3.50. The summed E-state index contributed by atoms with van der Waals surface area (Å²) in [5.41, 5.74) is 7.54. The zero-order valence-electron chi connectivity index (χ0n) is 12.0. The number of hydrogen-bond donors (Lipinski definition) is 3. The molecule has 1 aliphatic carbocycles. The normalized spacial score (nSPS) is 25.1. The molecule has 0 amide bonds. The van der Waals surface area contributed by atoms with Crippen molar-refractivity contribution in [2.24, 2.45) is 15.7 Å². The van der Waals surface area contributed by atoms with Gasteiger partial charge < -0.3 is 16.4 Å². The van der Waals surface area contributed by atoms with Crippen molar-refractivity contribution in [3.8, 4) is 0 Å². The summed E-state index contributed by atoms with van der Waals surface area (Å²) < 4.78 is 0. The Balaban J connectivity index is 2.17. The molecule has 0 radical (unpaired) electrons. The highest BCUT2D eigenvalue weighted by atomic mass is 15.2. The number of allylic oxidation sites excluding steroid dienone is 1. The fraction of sp³-hybridized carbons (Fsp3) is 0.467. The number of amidine groups is 1. The molecular formula is C15H23N5. The summed E-state index contributed by atoms with van der Waals surface area (Å²) >= 11 is 0. The van der Waals surface area contributed by atoms with Gasteiger partial charge in [-0.3, -0.25) is 4.99 Å². The van der Waals surface area contributed by atoms with Gasteiger partial charge in [-0.05, 0) is 18.9 Å². The average Bonchev–Trinajstić information content (AvgIpc) is 2.49. The Morgan fingerprint density at radius 2 is 2.15 bits per heavy atom. The van der Waals surface area contributed by atoms with Crippen LogP contribution >= 0.6 is 0 Å². The maximum absolute atomic E-state index is 5.87. The van der Waals surface area contributed by atoms with Crippen LogP contribution in [0, 0.1) is 0 Å². The second-order valence-corrected chi connectivity index (χ2v) is 5.01. The van der Waals surface area contributed by atoms with E-state index in [9.17, 15) is 0 Å². The highest BCUT2D eigenvalue weighted by Gasteiger charge is 2.15. The molecular weight excluding hydrogens is 250 g/mol. The van der Waals surface area contributed by atoms with Gasteiger partial charge in [0, 0.05) is 18.8 Å². The van der Waals surface area contributed by atoms with Gasteiger partial charge in [-0.15, -0.1) is 0 Å². The van der Waals surface area contributed by atoms with E-state index in [0.717, 1.165) is 17.2 Å². The average molecular weight is 273 g/mol. The molecule has 1 saturated carbocycles. The number of guanidine groups is 1. The molecule has 0 atom stereocenters. The topological polar surface area (TPSA) is 74.8 Å². The second kappa shape index (κ2) is 6.93. The molecule has 2 rings (SSSR count). The summed E-state index contributed by atoms with van der Waals surface area (Å²) in [6.45, 7) is 3.79. The van der Waals surface area contributed by atoms with Crippen LogP contribution in [0.4, 0.5) is 0 Å². The van der Waals surface area contributed by atoms with E-state index in [-0.39, 0.29) is 0 Å². The zero-order chi connectivity index (χ0) is 14.4. The van der Waals surface area contributed by atoms with Crippen molar-refractivity contribution in [1.29, 1.82) is 0 Å². The molecule has 0 saturated heterocycles. The Kier molecular flexibility index (Phi) is 4.98. The maximum Gasteiger partial charge on any atom is 0.200 e. The third-order valence-corrected chi connectivity index (χ3v) is 3.62. The maximum atomic E-state index is 5.87. The van der Waals surface area contributed by atoms with E-state index in [1.807, 2.05) is 12.3 Å². The molecule has 1 fully saturated rings.